The predicted octanol–water partition coefficient (Wildman–Crippen LogP) is 2.55. The van der Waals surface area contributed by atoms with Crippen molar-refractivity contribution in [1.29, 1.82) is 0 Å². The first-order chi connectivity index (χ1) is 6.77. The Hall–Kier alpha value is -0.860. The summed E-state index contributed by atoms with van der Waals surface area (Å²) in [5, 5.41) is 3.50. The van der Waals surface area contributed by atoms with Crippen molar-refractivity contribution >= 4 is 11.6 Å². The van der Waals surface area contributed by atoms with Gasteiger partial charge in [-0.3, -0.25) is 0 Å². The van der Waals surface area contributed by atoms with Gasteiger partial charge in [0.1, 0.15) is 5.82 Å². The van der Waals surface area contributed by atoms with Gasteiger partial charge in [0, 0.05) is 12.6 Å². The lowest BCUT2D eigenvalue weighted by atomic mass is 10.1. The van der Waals surface area contributed by atoms with E-state index in [1.54, 1.807) is 6.07 Å². The Morgan fingerprint density at radius 3 is 3.07 bits per heavy atom. The van der Waals surface area contributed by atoms with Gasteiger partial charge in [-0.15, -0.1) is 0 Å². The van der Waals surface area contributed by atoms with Crippen molar-refractivity contribution in [2.75, 3.05) is 6.54 Å². The Morgan fingerprint density at radius 2 is 2.36 bits per heavy atom. The minimum Gasteiger partial charge on any atom is -0.307 e. The van der Waals surface area contributed by atoms with Crippen LogP contribution < -0.4 is 5.32 Å². The van der Waals surface area contributed by atoms with Gasteiger partial charge in [-0.2, -0.15) is 0 Å². The molecular formula is C11H11ClFN. The number of hydrogen-bond acceptors (Lipinski definition) is 1. The van der Waals surface area contributed by atoms with E-state index in [0.29, 0.717) is 0 Å². The third-order valence-electron chi connectivity index (χ3n) is 2.34. The lowest BCUT2D eigenvalue weighted by Crippen LogP contribution is -2.24. The monoisotopic (exact) mass is 211 g/mol. The molecule has 1 heterocycles. The molecule has 0 bridgehead atoms. The summed E-state index contributed by atoms with van der Waals surface area (Å²) in [6, 6.07) is 5.22. The average Bonchev–Trinajstić information content (AvgIpc) is 2.66. The molecule has 0 aliphatic carbocycles. The van der Waals surface area contributed by atoms with Crippen molar-refractivity contribution in [3.63, 3.8) is 0 Å². The first kappa shape index (κ1) is 9.69. The lowest BCUT2D eigenvalue weighted by Gasteiger charge is -2.10. The predicted molar refractivity (Wildman–Crippen MR) is 56.0 cm³/mol. The molecule has 0 radical (unpaired) electrons. The molecule has 1 aliphatic heterocycles. The van der Waals surface area contributed by atoms with Gasteiger partial charge in [-0.1, -0.05) is 35.9 Å². The quantitative estimate of drug-likeness (QED) is 0.742. The third kappa shape index (κ3) is 1.97. The van der Waals surface area contributed by atoms with Crippen molar-refractivity contribution in [2.24, 2.45) is 0 Å². The largest absolute Gasteiger partial charge is 0.307 e. The second kappa shape index (κ2) is 4.11. The molecular weight excluding hydrogens is 201 g/mol. The fourth-order valence-electron chi connectivity index (χ4n) is 1.60. The SMILES string of the molecule is Fc1cccc(CC2C=CCN2)c1Cl. The van der Waals surface area contributed by atoms with Crippen LogP contribution in [0.3, 0.4) is 0 Å². The van der Waals surface area contributed by atoms with Crippen molar-refractivity contribution in [3.8, 4) is 0 Å². The van der Waals surface area contributed by atoms with Crippen LogP contribution in [0.4, 0.5) is 4.39 Å². The highest BCUT2D eigenvalue weighted by molar-refractivity contribution is 6.31. The van der Waals surface area contributed by atoms with Crippen LogP contribution >= 0.6 is 11.6 Å². The Kier molecular flexibility index (Phi) is 2.85. The molecule has 14 heavy (non-hydrogen) atoms. The molecule has 74 valence electrons. The summed E-state index contributed by atoms with van der Waals surface area (Å²) >= 11 is 5.84. The highest BCUT2D eigenvalue weighted by Crippen LogP contribution is 2.21. The first-order valence-corrected chi connectivity index (χ1v) is 4.98. The van der Waals surface area contributed by atoms with Crippen LogP contribution in [0.1, 0.15) is 5.56 Å². The number of benzene rings is 1. The van der Waals surface area contributed by atoms with Gasteiger partial charge in [-0.25, -0.2) is 4.39 Å². The normalized spacial score (nSPS) is 20.3. The number of hydrogen-bond donors (Lipinski definition) is 1. The van der Waals surface area contributed by atoms with Gasteiger partial charge in [-0.05, 0) is 18.1 Å². The van der Waals surface area contributed by atoms with Crippen LogP contribution in [-0.4, -0.2) is 12.6 Å². The molecule has 1 unspecified atom stereocenters. The zero-order valence-electron chi connectivity index (χ0n) is 7.63. The summed E-state index contributed by atoms with van der Waals surface area (Å²) in [4.78, 5) is 0. The molecule has 1 nitrogen and oxygen atoms in total. The topological polar surface area (TPSA) is 12.0 Å². The van der Waals surface area contributed by atoms with E-state index in [0.717, 1.165) is 18.5 Å². The second-order valence-corrected chi connectivity index (χ2v) is 3.74. The minimum atomic E-state index is -0.342. The molecule has 3 heteroatoms. The Morgan fingerprint density at radius 1 is 1.50 bits per heavy atom. The van der Waals surface area contributed by atoms with Gasteiger partial charge >= 0.3 is 0 Å². The van der Waals surface area contributed by atoms with E-state index >= 15 is 0 Å². The fourth-order valence-corrected chi connectivity index (χ4v) is 1.81. The van der Waals surface area contributed by atoms with E-state index in [9.17, 15) is 4.39 Å². The molecule has 0 saturated carbocycles. The first-order valence-electron chi connectivity index (χ1n) is 4.60. The van der Waals surface area contributed by atoms with E-state index in [-0.39, 0.29) is 16.9 Å². The van der Waals surface area contributed by atoms with Gasteiger partial charge in [0.15, 0.2) is 0 Å². The summed E-state index contributed by atoms with van der Waals surface area (Å²) in [7, 11) is 0. The van der Waals surface area contributed by atoms with E-state index in [1.807, 2.05) is 6.07 Å². The summed E-state index contributed by atoms with van der Waals surface area (Å²) in [5.74, 6) is -0.342. The molecule has 0 fully saturated rings. The lowest BCUT2D eigenvalue weighted by molar-refractivity contribution is 0.619. The smallest absolute Gasteiger partial charge is 0.142 e. The number of rotatable bonds is 2. The van der Waals surface area contributed by atoms with E-state index in [1.165, 1.54) is 6.07 Å². The summed E-state index contributed by atoms with van der Waals surface area (Å²) < 4.78 is 13.1. The van der Waals surface area contributed by atoms with E-state index < -0.39 is 0 Å². The second-order valence-electron chi connectivity index (χ2n) is 3.36. The van der Waals surface area contributed by atoms with Crippen LogP contribution in [-0.2, 0) is 6.42 Å². The maximum absolute atomic E-state index is 13.1. The van der Waals surface area contributed by atoms with Gasteiger partial charge < -0.3 is 5.32 Å². The fraction of sp³-hybridized carbons (Fsp3) is 0.273. The molecule has 1 aromatic carbocycles. The summed E-state index contributed by atoms with van der Waals surface area (Å²) in [6.07, 6.45) is 4.90. The van der Waals surface area contributed by atoms with Crippen molar-refractivity contribution in [3.05, 3.63) is 46.8 Å². The van der Waals surface area contributed by atoms with Crippen LogP contribution in [0, 0.1) is 5.82 Å². The van der Waals surface area contributed by atoms with Crippen LogP contribution in [0.5, 0.6) is 0 Å². The zero-order valence-corrected chi connectivity index (χ0v) is 8.39. The molecule has 1 N–H and O–H groups in total. The molecule has 1 aromatic rings. The minimum absolute atomic E-state index is 0.245. The average molecular weight is 212 g/mol. The third-order valence-corrected chi connectivity index (χ3v) is 2.76. The maximum atomic E-state index is 13.1. The van der Waals surface area contributed by atoms with E-state index in [2.05, 4.69) is 17.5 Å². The van der Waals surface area contributed by atoms with Gasteiger partial charge in [0.05, 0.1) is 5.02 Å². The maximum Gasteiger partial charge on any atom is 0.142 e. The van der Waals surface area contributed by atoms with Crippen LogP contribution in [0.15, 0.2) is 30.4 Å². The molecule has 0 amide bonds. The Bertz CT molecular complexity index is 362. The molecule has 1 aliphatic rings. The number of nitrogens with one attached hydrogen (secondary N) is 1. The summed E-state index contributed by atoms with van der Waals surface area (Å²) in [5.41, 5.74) is 0.857. The standard InChI is InChI=1S/C11H11ClFN/c12-11-8(3-1-5-10(11)13)7-9-4-2-6-14-9/h1-5,9,14H,6-7H2. The van der Waals surface area contributed by atoms with Crippen molar-refractivity contribution in [2.45, 2.75) is 12.5 Å². The van der Waals surface area contributed by atoms with Crippen LogP contribution in [0.25, 0.3) is 0 Å². The number of halogens is 2. The van der Waals surface area contributed by atoms with Gasteiger partial charge in [0.2, 0.25) is 0 Å². The van der Waals surface area contributed by atoms with Crippen molar-refractivity contribution < 1.29 is 4.39 Å². The molecule has 0 aromatic heterocycles. The molecule has 0 spiro atoms. The Labute approximate surface area is 87.6 Å². The highest BCUT2D eigenvalue weighted by atomic mass is 35.5. The Balaban J connectivity index is 2.16. The highest BCUT2D eigenvalue weighted by Gasteiger charge is 2.12. The summed E-state index contributed by atoms with van der Waals surface area (Å²) in [6.45, 7) is 0.887. The zero-order chi connectivity index (χ0) is 9.97. The molecule has 1 atom stereocenters. The van der Waals surface area contributed by atoms with E-state index in [4.69, 9.17) is 11.6 Å². The molecule has 0 saturated heterocycles. The van der Waals surface area contributed by atoms with Crippen LogP contribution in [0.2, 0.25) is 5.02 Å². The van der Waals surface area contributed by atoms with Crippen molar-refractivity contribution in [1.82, 2.24) is 5.32 Å². The van der Waals surface area contributed by atoms with Gasteiger partial charge in [0.25, 0.3) is 0 Å². The molecule has 2 rings (SSSR count).